The molecular weight excluding hydrogens is 1180 g/mol. The zero-order chi connectivity index (χ0) is 64.0. The van der Waals surface area contributed by atoms with E-state index in [1.54, 1.807) is 98.9 Å². The van der Waals surface area contributed by atoms with Gasteiger partial charge in [0, 0.05) is 54.6 Å². The van der Waals surface area contributed by atoms with Crippen molar-refractivity contribution in [2.75, 3.05) is 31.6 Å². The summed E-state index contributed by atoms with van der Waals surface area (Å²) in [6.07, 6.45) is 9.78. The molecule has 0 bridgehead atoms. The number of nitrogens with one attached hydrogen (secondary N) is 6. The maximum absolute atomic E-state index is 15.0. The average molecular weight is 1270 g/mol. The first-order chi connectivity index (χ1) is 43.1. The van der Waals surface area contributed by atoms with E-state index in [2.05, 4.69) is 31.9 Å². The summed E-state index contributed by atoms with van der Waals surface area (Å²) in [5.41, 5.74) is 3.07. The predicted molar refractivity (Wildman–Crippen MR) is 339 cm³/mol. The molecule has 2 saturated carbocycles. The largest absolute Gasteiger partial charge is 0.347 e. The van der Waals surface area contributed by atoms with Crippen molar-refractivity contribution in [3.05, 3.63) is 119 Å². The quantitative estimate of drug-likeness (QED) is 0.0538. The Labute approximate surface area is 528 Å². The number of likely N-dealkylation sites (tertiary alicyclic amines) is 2. The highest BCUT2D eigenvalue weighted by Crippen LogP contribution is 2.38. The Balaban J connectivity index is 0.821. The maximum atomic E-state index is 15.0. The number of benzene rings is 4. The molecule has 2 aliphatic carbocycles. The molecule has 10 atom stereocenters. The fourth-order valence-electron chi connectivity index (χ4n) is 14.3. The van der Waals surface area contributed by atoms with Crippen molar-refractivity contribution >= 4 is 66.8 Å². The topological polar surface area (TPSA) is 284 Å². The molecule has 4 fully saturated rings. The molecule has 482 valence electrons. The van der Waals surface area contributed by atoms with Crippen molar-refractivity contribution in [2.45, 2.75) is 182 Å². The molecule has 90 heavy (non-hydrogen) atoms. The molecule has 6 aliphatic rings. The summed E-state index contributed by atoms with van der Waals surface area (Å²) in [7, 11) is -5.41. The molecule has 0 radical (unpaired) electrons. The van der Waals surface area contributed by atoms with Gasteiger partial charge in [-0.05, 0) is 142 Å². The number of carbonyl (C=O) groups excluding carboxylic acids is 8. The fraction of sp³-hybridized carbons (Fsp3) is 0.529. The van der Waals surface area contributed by atoms with Gasteiger partial charge in [0.1, 0.15) is 23.9 Å². The number of carbonyl (C=O) groups is 8. The minimum atomic E-state index is -3.56. The number of Topliss-reactive ketones (excluding diaryl/α,β-unsaturated/α-hetero) is 1. The summed E-state index contributed by atoms with van der Waals surface area (Å²) in [6.45, 7) is 5.50. The van der Waals surface area contributed by atoms with E-state index in [-0.39, 0.29) is 102 Å². The Kier molecular flexibility index (Phi) is 20.8. The van der Waals surface area contributed by atoms with Crippen LogP contribution in [0.25, 0.3) is 11.1 Å². The average Bonchev–Trinajstić information content (AvgIpc) is 1.19. The Morgan fingerprint density at radius 3 is 1.41 bits per heavy atom. The Bertz CT molecular complexity index is 3340. The van der Waals surface area contributed by atoms with Crippen molar-refractivity contribution < 1.29 is 55.2 Å². The first-order valence-corrected chi connectivity index (χ1v) is 35.6. The first-order valence-electron chi connectivity index (χ1n) is 32.3. The lowest BCUT2D eigenvalue weighted by atomic mass is 9.76. The molecule has 6 N–H and O–H groups in total. The molecule has 10 rings (SSSR count). The molecule has 2 saturated heterocycles. The number of nitrogens with zero attached hydrogens (tertiary/aromatic N) is 2. The van der Waals surface area contributed by atoms with Crippen LogP contribution in [0, 0.1) is 23.7 Å². The van der Waals surface area contributed by atoms with Gasteiger partial charge in [0.05, 0.1) is 39.4 Å². The van der Waals surface area contributed by atoms with E-state index in [9.17, 15) is 55.2 Å². The van der Waals surface area contributed by atoms with Gasteiger partial charge >= 0.3 is 0 Å². The van der Waals surface area contributed by atoms with Crippen molar-refractivity contribution in [3.63, 3.8) is 0 Å². The third-order valence-electron chi connectivity index (χ3n) is 19.9. The summed E-state index contributed by atoms with van der Waals surface area (Å²) in [4.78, 5) is 118. The van der Waals surface area contributed by atoms with E-state index in [0.717, 1.165) is 75.3 Å². The van der Waals surface area contributed by atoms with Crippen molar-refractivity contribution in [1.29, 1.82) is 0 Å². The third-order valence-corrected chi connectivity index (χ3v) is 23.6. The lowest BCUT2D eigenvalue weighted by molar-refractivity contribution is -0.145. The van der Waals surface area contributed by atoms with Crippen LogP contribution >= 0.6 is 0 Å². The van der Waals surface area contributed by atoms with Crippen LogP contribution in [0.15, 0.2) is 107 Å². The Hall–Kier alpha value is -7.30. The van der Waals surface area contributed by atoms with E-state index < -0.39 is 103 Å². The number of ketones is 1. The smallest absolute Gasteiger partial charge is 0.251 e. The summed E-state index contributed by atoms with van der Waals surface area (Å²) >= 11 is 0. The van der Waals surface area contributed by atoms with Gasteiger partial charge < -0.3 is 41.7 Å². The third kappa shape index (κ3) is 14.7. The van der Waals surface area contributed by atoms with Gasteiger partial charge in [0.25, 0.3) is 11.8 Å². The standard InChI is InChI=1S/C68H86N8O12S2/c1-5-41(2)62(78)74-61(46-18-10-7-11-19-46)68(84)76-40-50(37-57(76)66(82)73-55-33-35-90(87,88)60-23-15-13-21-52(55)60)71-64(80)48-30-26-44(27-31-48)43-24-28-47(29-25-43)63(79)70-49-36-56(65(81)72-54-32-34-89(85,86)59-22-14-12-20-51(54)59)75(39-49)67(83)53(38-58(77)42(3)69-4)45-16-8-6-9-17-45/h12-15,20-31,41-42,45-46,49-50,53-57,61,69H,5-11,16-19,32-40H2,1-4H3,(H,70,79)(H,71,80)(H,72,81)(H,73,82)(H,74,78)/t41-,42+,49+,50+,53+,54-,55-,56+,57+,61+/m1/s1. The zero-order valence-corrected chi connectivity index (χ0v) is 53.6. The molecule has 4 aliphatic heterocycles. The second-order valence-electron chi connectivity index (χ2n) is 25.8. The molecule has 0 unspecified atom stereocenters. The van der Waals surface area contributed by atoms with Crippen LogP contribution in [-0.2, 0) is 48.4 Å². The molecule has 7 amide bonds. The summed E-state index contributed by atoms with van der Waals surface area (Å²) < 4.78 is 52.1. The van der Waals surface area contributed by atoms with Crippen LogP contribution in [0.4, 0.5) is 0 Å². The van der Waals surface area contributed by atoms with E-state index in [1.165, 1.54) is 21.9 Å². The second kappa shape index (κ2) is 28.5. The molecule has 20 nitrogen and oxygen atoms in total. The van der Waals surface area contributed by atoms with Crippen LogP contribution in [0.5, 0.6) is 0 Å². The molecular formula is C68H86N8O12S2. The normalized spacial score (nSPS) is 24.4. The van der Waals surface area contributed by atoms with Gasteiger partial charge in [-0.2, -0.15) is 0 Å². The number of amides is 7. The van der Waals surface area contributed by atoms with E-state index in [4.69, 9.17) is 0 Å². The van der Waals surface area contributed by atoms with Crippen LogP contribution in [0.2, 0.25) is 0 Å². The van der Waals surface area contributed by atoms with Gasteiger partial charge in [-0.3, -0.25) is 38.4 Å². The van der Waals surface area contributed by atoms with E-state index in [1.807, 2.05) is 13.8 Å². The van der Waals surface area contributed by atoms with Crippen LogP contribution in [0.3, 0.4) is 0 Å². The number of rotatable bonds is 20. The van der Waals surface area contributed by atoms with Crippen LogP contribution < -0.4 is 31.9 Å². The van der Waals surface area contributed by atoms with E-state index in [0.29, 0.717) is 28.7 Å². The van der Waals surface area contributed by atoms with Gasteiger partial charge in [-0.1, -0.05) is 113 Å². The summed E-state index contributed by atoms with van der Waals surface area (Å²) in [5.74, 6) is -4.40. The summed E-state index contributed by atoms with van der Waals surface area (Å²) in [6, 6.07) is 20.9. The van der Waals surface area contributed by atoms with Gasteiger partial charge in [0.15, 0.2) is 19.7 Å². The molecule has 4 aromatic rings. The van der Waals surface area contributed by atoms with Crippen molar-refractivity contribution in [2.24, 2.45) is 23.7 Å². The SMILES string of the molecule is CC[C@@H](C)C(=O)N[C@H](C(=O)N1C[C@@H](NC(=O)c2ccc(-c3ccc(C(=O)N[C@H]4C[C@@H](C(=O)N[C@@H]5CCS(=O)(=O)c6ccccc65)N(C(=O)[C@@H](CC(=O)[C@H](C)NC)C5CCCCC5)C4)cc3)cc2)C[C@H]1C(=O)N[C@@H]1CCS(=O)(=O)c2ccccc21)C1CCCCC1. The van der Waals surface area contributed by atoms with Gasteiger partial charge in [0.2, 0.25) is 29.5 Å². The number of fused-ring (bicyclic) bond motifs is 2. The minimum absolute atomic E-state index is 0.00282. The van der Waals surface area contributed by atoms with Crippen LogP contribution in [0.1, 0.15) is 167 Å². The molecule has 4 heterocycles. The highest BCUT2D eigenvalue weighted by atomic mass is 32.2. The van der Waals surface area contributed by atoms with Crippen molar-refractivity contribution in [3.8, 4) is 11.1 Å². The lowest BCUT2D eigenvalue weighted by Gasteiger charge is -2.35. The number of sulfone groups is 2. The first kappa shape index (κ1) is 65.6. The van der Waals surface area contributed by atoms with Gasteiger partial charge in [-0.25, -0.2) is 16.8 Å². The number of likely N-dealkylation sites (N-methyl/N-ethyl adjacent to an activating group) is 1. The van der Waals surface area contributed by atoms with E-state index >= 15 is 0 Å². The Morgan fingerprint density at radius 1 is 0.533 bits per heavy atom. The highest BCUT2D eigenvalue weighted by Gasteiger charge is 2.48. The maximum Gasteiger partial charge on any atom is 0.251 e. The zero-order valence-electron chi connectivity index (χ0n) is 51.9. The molecule has 22 heteroatoms. The fourth-order valence-corrected chi connectivity index (χ4v) is 17.6. The number of hydrogen-bond acceptors (Lipinski definition) is 13. The van der Waals surface area contributed by atoms with Gasteiger partial charge in [-0.15, -0.1) is 0 Å². The molecule has 4 aromatic carbocycles. The minimum Gasteiger partial charge on any atom is -0.347 e. The Morgan fingerprint density at radius 2 is 0.967 bits per heavy atom. The lowest BCUT2D eigenvalue weighted by Crippen LogP contribution is -2.57. The van der Waals surface area contributed by atoms with Crippen molar-refractivity contribution in [1.82, 2.24) is 41.7 Å². The second-order valence-corrected chi connectivity index (χ2v) is 29.9. The predicted octanol–water partition coefficient (Wildman–Crippen LogP) is 6.70. The van der Waals surface area contributed by atoms with Crippen LogP contribution in [-0.4, -0.2) is 142 Å². The molecule has 0 spiro atoms. The monoisotopic (exact) mass is 1270 g/mol. The summed E-state index contributed by atoms with van der Waals surface area (Å²) in [5, 5.41) is 18.3. The molecule has 0 aromatic heterocycles. The number of hydrogen-bond donors (Lipinski definition) is 6. The highest BCUT2D eigenvalue weighted by molar-refractivity contribution is 7.91.